The molecule has 0 spiro atoms. The number of amides is 1. The Labute approximate surface area is 183 Å². The van der Waals surface area contributed by atoms with Crippen LogP contribution < -0.4 is 9.64 Å². The second-order valence-electron chi connectivity index (χ2n) is 6.61. The number of ether oxygens (including phenoxy) is 1. The van der Waals surface area contributed by atoms with Gasteiger partial charge < -0.3 is 4.74 Å². The zero-order chi connectivity index (χ0) is 20.8. The molecular weight excluding hydrogens is 414 g/mol. The van der Waals surface area contributed by atoms with Crippen LogP contribution in [0.25, 0.3) is 10.2 Å². The van der Waals surface area contributed by atoms with Crippen molar-refractivity contribution in [3.63, 3.8) is 0 Å². The molecule has 152 valence electrons. The van der Waals surface area contributed by atoms with Crippen molar-refractivity contribution >= 4 is 44.4 Å². The van der Waals surface area contributed by atoms with Gasteiger partial charge in [0.05, 0.1) is 35.3 Å². The number of hydrogen-bond acceptors (Lipinski definition) is 6. The molecule has 0 saturated carbocycles. The van der Waals surface area contributed by atoms with Gasteiger partial charge in [0, 0.05) is 11.9 Å². The number of pyridine rings is 1. The highest BCUT2D eigenvalue weighted by molar-refractivity contribution is 7.99. The van der Waals surface area contributed by atoms with Crippen molar-refractivity contribution in [1.82, 2.24) is 9.97 Å². The minimum Gasteiger partial charge on any atom is -0.497 e. The molecule has 0 radical (unpaired) electrons. The summed E-state index contributed by atoms with van der Waals surface area (Å²) >= 11 is 3.10. The van der Waals surface area contributed by atoms with E-state index in [-0.39, 0.29) is 5.91 Å². The van der Waals surface area contributed by atoms with Crippen molar-refractivity contribution in [1.29, 1.82) is 0 Å². The largest absolute Gasteiger partial charge is 0.497 e. The number of anilines is 1. The standard InChI is InChI=1S/C23H21N3O2S2/c1-28-19-10-11-20-21(13-19)30-23(25-20)26(14-18-9-5-6-12-24-18)22(27)16-29-15-17-7-3-2-4-8-17/h2-13H,14-16H2,1H3. The quantitative estimate of drug-likeness (QED) is 0.382. The summed E-state index contributed by atoms with van der Waals surface area (Å²) in [6.45, 7) is 0.391. The summed E-state index contributed by atoms with van der Waals surface area (Å²) in [7, 11) is 1.64. The van der Waals surface area contributed by atoms with Crippen LogP contribution in [0.5, 0.6) is 5.75 Å². The Kier molecular flexibility index (Phi) is 6.61. The molecule has 0 aliphatic rings. The van der Waals surface area contributed by atoms with Gasteiger partial charge in [0.25, 0.3) is 0 Å². The van der Waals surface area contributed by atoms with E-state index >= 15 is 0 Å². The third-order valence-electron chi connectivity index (χ3n) is 4.50. The van der Waals surface area contributed by atoms with E-state index in [0.29, 0.717) is 17.4 Å². The smallest absolute Gasteiger partial charge is 0.239 e. The molecule has 0 aliphatic carbocycles. The van der Waals surface area contributed by atoms with E-state index < -0.39 is 0 Å². The van der Waals surface area contributed by atoms with Gasteiger partial charge in [0.15, 0.2) is 5.13 Å². The van der Waals surface area contributed by atoms with Crippen LogP contribution in [0.4, 0.5) is 5.13 Å². The number of rotatable bonds is 8. The number of hydrogen-bond donors (Lipinski definition) is 0. The van der Waals surface area contributed by atoms with Gasteiger partial charge in [-0.25, -0.2) is 4.98 Å². The monoisotopic (exact) mass is 435 g/mol. The van der Waals surface area contributed by atoms with Gasteiger partial charge in [0.2, 0.25) is 5.91 Å². The number of benzene rings is 2. The number of methoxy groups -OCH3 is 1. The van der Waals surface area contributed by atoms with E-state index in [4.69, 9.17) is 9.72 Å². The van der Waals surface area contributed by atoms with E-state index in [2.05, 4.69) is 17.1 Å². The molecule has 4 aromatic rings. The molecule has 0 unspecified atom stereocenters. The molecular formula is C23H21N3O2S2. The second kappa shape index (κ2) is 9.73. The minimum absolute atomic E-state index is 0.0209. The van der Waals surface area contributed by atoms with Crippen LogP contribution in [-0.4, -0.2) is 28.7 Å². The Hall–Kier alpha value is -2.90. The second-order valence-corrected chi connectivity index (χ2v) is 8.60. The zero-order valence-electron chi connectivity index (χ0n) is 16.5. The van der Waals surface area contributed by atoms with Crippen LogP contribution in [0.3, 0.4) is 0 Å². The predicted octanol–water partition coefficient (Wildman–Crippen LogP) is 5.17. The Morgan fingerprint density at radius 1 is 1.10 bits per heavy atom. The lowest BCUT2D eigenvalue weighted by atomic mass is 10.2. The fraction of sp³-hybridized carbons (Fsp3) is 0.174. The van der Waals surface area contributed by atoms with Gasteiger partial charge in [-0.3, -0.25) is 14.7 Å². The third-order valence-corrected chi connectivity index (χ3v) is 6.53. The van der Waals surface area contributed by atoms with Crippen molar-refractivity contribution in [2.45, 2.75) is 12.3 Å². The van der Waals surface area contributed by atoms with Crippen molar-refractivity contribution in [3.05, 3.63) is 84.2 Å². The fourth-order valence-corrected chi connectivity index (χ4v) is 4.83. The minimum atomic E-state index is 0.0209. The van der Waals surface area contributed by atoms with Gasteiger partial charge in [-0.1, -0.05) is 47.7 Å². The number of nitrogens with zero attached hydrogens (tertiary/aromatic N) is 3. The first-order chi connectivity index (χ1) is 14.7. The van der Waals surface area contributed by atoms with Crippen LogP contribution in [-0.2, 0) is 17.1 Å². The summed E-state index contributed by atoms with van der Waals surface area (Å²) in [5, 5.41) is 0.675. The first kappa shape index (κ1) is 20.4. The summed E-state index contributed by atoms with van der Waals surface area (Å²) in [6, 6.07) is 21.6. The molecule has 0 bridgehead atoms. The maximum atomic E-state index is 13.2. The molecule has 5 nitrogen and oxygen atoms in total. The summed E-state index contributed by atoms with van der Waals surface area (Å²) in [6.07, 6.45) is 1.74. The molecule has 0 aliphatic heterocycles. The molecule has 0 N–H and O–H groups in total. The van der Waals surface area contributed by atoms with E-state index in [0.717, 1.165) is 27.4 Å². The zero-order valence-corrected chi connectivity index (χ0v) is 18.2. The van der Waals surface area contributed by atoms with Gasteiger partial charge in [-0.2, -0.15) is 0 Å². The summed E-state index contributed by atoms with van der Waals surface area (Å²) < 4.78 is 6.30. The van der Waals surface area contributed by atoms with Crippen molar-refractivity contribution in [2.75, 3.05) is 17.8 Å². The van der Waals surface area contributed by atoms with Crippen molar-refractivity contribution in [2.24, 2.45) is 0 Å². The SMILES string of the molecule is COc1ccc2nc(N(Cc3ccccn3)C(=O)CSCc3ccccc3)sc2c1. The Morgan fingerprint density at radius 3 is 2.70 bits per heavy atom. The molecule has 2 aromatic carbocycles. The molecule has 1 amide bonds. The Bertz CT molecular complexity index is 1120. The number of thioether (sulfide) groups is 1. The molecule has 2 heterocycles. The average molecular weight is 436 g/mol. The van der Waals surface area contributed by atoms with Crippen molar-refractivity contribution in [3.8, 4) is 5.75 Å². The fourth-order valence-electron chi connectivity index (χ4n) is 2.96. The molecule has 0 fully saturated rings. The summed E-state index contributed by atoms with van der Waals surface area (Å²) in [5.41, 5.74) is 2.89. The maximum Gasteiger partial charge on any atom is 0.239 e. The molecule has 2 aromatic heterocycles. The molecule has 0 atom stereocenters. The Balaban J connectivity index is 1.55. The highest BCUT2D eigenvalue weighted by atomic mass is 32.2. The van der Waals surface area contributed by atoms with Crippen LogP contribution in [0.1, 0.15) is 11.3 Å². The van der Waals surface area contributed by atoms with Gasteiger partial charge in [-0.05, 0) is 35.9 Å². The first-order valence-corrected chi connectivity index (χ1v) is 11.5. The summed E-state index contributed by atoms with van der Waals surface area (Å²) in [5.74, 6) is 1.97. The molecule has 0 saturated heterocycles. The highest BCUT2D eigenvalue weighted by Crippen LogP contribution is 2.32. The van der Waals surface area contributed by atoms with E-state index in [1.807, 2.05) is 54.6 Å². The van der Waals surface area contributed by atoms with Crippen LogP contribution >= 0.6 is 23.1 Å². The topological polar surface area (TPSA) is 55.3 Å². The van der Waals surface area contributed by atoms with Crippen molar-refractivity contribution < 1.29 is 9.53 Å². The molecule has 30 heavy (non-hydrogen) atoms. The lowest BCUT2D eigenvalue weighted by molar-refractivity contribution is -0.116. The van der Waals surface area contributed by atoms with Gasteiger partial charge in [0.1, 0.15) is 5.75 Å². The third kappa shape index (κ3) is 4.98. The van der Waals surface area contributed by atoms with E-state index in [1.54, 1.807) is 30.0 Å². The van der Waals surface area contributed by atoms with E-state index in [9.17, 15) is 4.79 Å². The predicted molar refractivity (Wildman–Crippen MR) is 124 cm³/mol. The normalized spacial score (nSPS) is 10.8. The number of fused-ring (bicyclic) bond motifs is 1. The van der Waals surface area contributed by atoms with Crippen LogP contribution in [0.2, 0.25) is 0 Å². The molecule has 7 heteroatoms. The summed E-state index contributed by atoms with van der Waals surface area (Å²) in [4.78, 5) is 24.0. The lowest BCUT2D eigenvalue weighted by Crippen LogP contribution is -2.32. The van der Waals surface area contributed by atoms with E-state index in [1.165, 1.54) is 16.9 Å². The average Bonchev–Trinajstić information content (AvgIpc) is 3.21. The maximum absolute atomic E-state index is 13.2. The first-order valence-electron chi connectivity index (χ1n) is 9.49. The van der Waals surface area contributed by atoms with Crippen LogP contribution in [0.15, 0.2) is 72.9 Å². The number of thiazole rings is 1. The van der Waals surface area contributed by atoms with Crippen LogP contribution in [0, 0.1) is 0 Å². The number of carbonyl (C=O) groups is 1. The number of aromatic nitrogens is 2. The number of carbonyl (C=O) groups excluding carboxylic acids is 1. The highest BCUT2D eigenvalue weighted by Gasteiger charge is 2.21. The Morgan fingerprint density at radius 2 is 1.93 bits per heavy atom. The molecule has 4 rings (SSSR count). The lowest BCUT2D eigenvalue weighted by Gasteiger charge is -2.19. The van der Waals surface area contributed by atoms with Gasteiger partial charge in [-0.15, -0.1) is 11.8 Å². The van der Waals surface area contributed by atoms with Gasteiger partial charge >= 0.3 is 0 Å².